The quantitative estimate of drug-likeness (QED) is 0.337. The van der Waals surface area contributed by atoms with Crippen molar-refractivity contribution >= 4 is 28.7 Å². The molecule has 0 unspecified atom stereocenters. The number of nitrogens with one attached hydrogen (secondary N) is 1. The number of aromatic nitrogens is 4. The molecule has 0 radical (unpaired) electrons. The van der Waals surface area contributed by atoms with E-state index in [1.165, 1.54) is 0 Å². The maximum atomic E-state index is 11.4. The van der Waals surface area contributed by atoms with Gasteiger partial charge < -0.3 is 20.4 Å². The van der Waals surface area contributed by atoms with Gasteiger partial charge in [-0.15, -0.1) is 0 Å². The number of hydrogen-bond acceptors (Lipinski definition) is 7. The summed E-state index contributed by atoms with van der Waals surface area (Å²) in [6.07, 6.45) is 1.66. The minimum Gasteiger partial charge on any atom is -0.436 e. The highest BCUT2D eigenvalue weighted by molar-refractivity contribution is 5.93. The molecular weight excluding hydrogens is 466 g/mol. The van der Waals surface area contributed by atoms with Crippen LogP contribution in [0.4, 0.5) is 11.6 Å². The molecule has 3 aromatic carbocycles. The Bertz CT molecular complexity index is 1660. The van der Waals surface area contributed by atoms with E-state index < -0.39 is 5.91 Å². The Balaban J connectivity index is 1.50. The molecule has 182 valence electrons. The lowest BCUT2D eigenvalue weighted by Gasteiger charge is -2.15. The molecule has 0 aliphatic heterocycles. The third kappa shape index (κ3) is 4.68. The maximum absolute atomic E-state index is 11.4. The van der Waals surface area contributed by atoms with E-state index in [9.17, 15) is 4.79 Å². The molecule has 2 heterocycles. The number of anilines is 2. The number of rotatable bonds is 6. The predicted octanol–water partition coefficient (Wildman–Crippen LogP) is 5.15. The standard InChI is InChI=1S/C28H23N7O2/c1-16-12-21(19-6-8-20(9-7-19)25(30)36)13-17(2)24(16)37-27-23-26(31-15-35(23)3)33-28(34-27)32-22-10-4-18(14-29)5-11-22/h4-13,15H,1-3H3,(H2,30,36)(H,32,33,34). The van der Waals surface area contributed by atoms with Gasteiger partial charge in [0.15, 0.2) is 11.2 Å². The molecule has 1 amide bonds. The number of amides is 1. The summed E-state index contributed by atoms with van der Waals surface area (Å²) in [6.45, 7) is 3.95. The van der Waals surface area contributed by atoms with E-state index in [1.54, 1.807) is 42.7 Å². The Morgan fingerprint density at radius 2 is 1.68 bits per heavy atom. The van der Waals surface area contributed by atoms with E-state index in [-0.39, 0.29) is 0 Å². The van der Waals surface area contributed by atoms with E-state index >= 15 is 0 Å². The van der Waals surface area contributed by atoms with Gasteiger partial charge in [0.2, 0.25) is 11.9 Å². The van der Waals surface area contributed by atoms with Gasteiger partial charge in [-0.2, -0.15) is 15.2 Å². The molecule has 9 heteroatoms. The van der Waals surface area contributed by atoms with E-state index in [0.29, 0.717) is 39.9 Å². The number of nitrogens with two attached hydrogens (primary N) is 1. The molecule has 5 rings (SSSR count). The molecule has 0 aliphatic carbocycles. The first-order chi connectivity index (χ1) is 17.8. The van der Waals surface area contributed by atoms with Crippen molar-refractivity contribution in [3.63, 3.8) is 0 Å². The zero-order valence-corrected chi connectivity index (χ0v) is 20.5. The van der Waals surface area contributed by atoms with Crippen LogP contribution in [0.25, 0.3) is 22.3 Å². The van der Waals surface area contributed by atoms with Crippen LogP contribution in [-0.2, 0) is 7.05 Å². The lowest BCUT2D eigenvalue weighted by atomic mass is 9.99. The van der Waals surface area contributed by atoms with Crippen LogP contribution in [0.3, 0.4) is 0 Å². The Labute approximate surface area is 213 Å². The summed E-state index contributed by atoms with van der Waals surface area (Å²) < 4.78 is 8.21. The molecule has 0 saturated carbocycles. The summed E-state index contributed by atoms with van der Waals surface area (Å²) in [5.74, 6) is 0.920. The molecule has 3 N–H and O–H groups in total. The molecule has 37 heavy (non-hydrogen) atoms. The number of ether oxygens (including phenoxy) is 1. The summed E-state index contributed by atoms with van der Waals surface area (Å²) in [5.41, 5.74) is 12.1. The number of benzene rings is 3. The van der Waals surface area contributed by atoms with Gasteiger partial charge in [-0.25, -0.2) is 4.98 Å². The van der Waals surface area contributed by atoms with Crippen LogP contribution in [0.5, 0.6) is 11.6 Å². The van der Waals surface area contributed by atoms with Crippen LogP contribution in [0, 0.1) is 25.2 Å². The number of carbonyl (C=O) groups is 1. The van der Waals surface area contributed by atoms with Gasteiger partial charge in [0, 0.05) is 18.3 Å². The highest BCUT2D eigenvalue weighted by atomic mass is 16.5. The normalized spacial score (nSPS) is 10.8. The third-order valence-corrected chi connectivity index (χ3v) is 5.97. The molecule has 2 aromatic heterocycles. The van der Waals surface area contributed by atoms with Crippen molar-refractivity contribution in [3.8, 4) is 28.8 Å². The Morgan fingerprint density at radius 1 is 1.00 bits per heavy atom. The summed E-state index contributed by atoms with van der Waals surface area (Å²) in [7, 11) is 1.86. The Hall–Kier alpha value is -5.23. The molecule has 0 saturated heterocycles. The number of hydrogen-bond donors (Lipinski definition) is 2. The second kappa shape index (κ2) is 9.43. The highest BCUT2D eigenvalue weighted by Gasteiger charge is 2.17. The van der Waals surface area contributed by atoms with E-state index in [2.05, 4.69) is 26.3 Å². The molecule has 0 aliphatic rings. The van der Waals surface area contributed by atoms with Gasteiger partial charge in [-0.1, -0.05) is 12.1 Å². The average Bonchev–Trinajstić information content (AvgIpc) is 3.27. The predicted molar refractivity (Wildman–Crippen MR) is 141 cm³/mol. The van der Waals surface area contributed by atoms with Crippen LogP contribution in [-0.4, -0.2) is 25.4 Å². The van der Waals surface area contributed by atoms with Crippen molar-refractivity contribution in [2.45, 2.75) is 13.8 Å². The molecule has 0 spiro atoms. The van der Waals surface area contributed by atoms with Crippen molar-refractivity contribution in [1.82, 2.24) is 19.5 Å². The summed E-state index contributed by atoms with van der Waals surface area (Å²) >= 11 is 0. The van der Waals surface area contributed by atoms with Gasteiger partial charge in [0.1, 0.15) is 5.75 Å². The zero-order valence-electron chi connectivity index (χ0n) is 20.5. The second-order valence-corrected chi connectivity index (χ2v) is 8.68. The van der Waals surface area contributed by atoms with Crippen molar-refractivity contribution in [2.24, 2.45) is 12.8 Å². The van der Waals surface area contributed by atoms with Crippen LogP contribution >= 0.6 is 0 Å². The first-order valence-electron chi connectivity index (χ1n) is 11.5. The van der Waals surface area contributed by atoms with E-state index in [1.807, 2.05) is 49.7 Å². The number of nitriles is 1. The summed E-state index contributed by atoms with van der Waals surface area (Å²) in [4.78, 5) is 24.9. The van der Waals surface area contributed by atoms with E-state index in [0.717, 1.165) is 27.9 Å². The number of imidazole rings is 1. The number of carbonyl (C=O) groups excluding carboxylic acids is 1. The Morgan fingerprint density at radius 3 is 2.30 bits per heavy atom. The fourth-order valence-electron chi connectivity index (χ4n) is 4.11. The van der Waals surface area contributed by atoms with Gasteiger partial charge in [0.05, 0.1) is 18.0 Å². The lowest BCUT2D eigenvalue weighted by molar-refractivity contribution is 0.100. The first kappa shape index (κ1) is 23.5. The highest BCUT2D eigenvalue weighted by Crippen LogP contribution is 2.35. The molecule has 9 nitrogen and oxygen atoms in total. The minimum absolute atomic E-state index is 0.326. The zero-order chi connectivity index (χ0) is 26.1. The summed E-state index contributed by atoms with van der Waals surface area (Å²) in [5, 5.41) is 12.2. The van der Waals surface area contributed by atoms with Gasteiger partial charge in [-0.05, 0) is 84.6 Å². The van der Waals surface area contributed by atoms with Crippen LogP contribution < -0.4 is 15.8 Å². The SMILES string of the molecule is Cc1cc(-c2ccc(C(N)=O)cc2)cc(C)c1Oc1nc(Nc2ccc(C#N)cc2)nc2ncn(C)c12. The number of primary amides is 1. The fraction of sp³-hybridized carbons (Fsp3) is 0.107. The minimum atomic E-state index is -0.456. The van der Waals surface area contributed by atoms with Gasteiger partial charge >= 0.3 is 0 Å². The van der Waals surface area contributed by atoms with E-state index in [4.69, 9.17) is 15.7 Å². The van der Waals surface area contributed by atoms with Gasteiger partial charge in [0.25, 0.3) is 5.88 Å². The average molecular weight is 490 g/mol. The second-order valence-electron chi connectivity index (χ2n) is 8.68. The number of nitrogens with zero attached hydrogens (tertiary/aromatic N) is 5. The molecule has 5 aromatic rings. The number of aryl methyl sites for hydroxylation is 3. The van der Waals surface area contributed by atoms with Crippen LogP contribution in [0.2, 0.25) is 0 Å². The molecule has 0 atom stereocenters. The maximum Gasteiger partial charge on any atom is 0.250 e. The Kier molecular flexibility index (Phi) is 5.99. The molecule has 0 fully saturated rings. The van der Waals surface area contributed by atoms with Gasteiger partial charge in [-0.3, -0.25) is 4.79 Å². The fourth-order valence-corrected chi connectivity index (χ4v) is 4.11. The third-order valence-electron chi connectivity index (χ3n) is 5.97. The summed E-state index contributed by atoms with van der Waals surface area (Å²) in [6, 6.07) is 20.3. The smallest absolute Gasteiger partial charge is 0.250 e. The van der Waals surface area contributed by atoms with Crippen molar-refractivity contribution in [2.75, 3.05) is 5.32 Å². The van der Waals surface area contributed by atoms with Crippen molar-refractivity contribution in [3.05, 3.63) is 89.2 Å². The number of fused-ring (bicyclic) bond motifs is 1. The van der Waals surface area contributed by atoms with Crippen LogP contribution in [0.1, 0.15) is 27.0 Å². The molecule has 0 bridgehead atoms. The first-order valence-corrected chi connectivity index (χ1v) is 11.5. The van der Waals surface area contributed by atoms with Crippen molar-refractivity contribution < 1.29 is 9.53 Å². The van der Waals surface area contributed by atoms with Crippen LogP contribution in [0.15, 0.2) is 67.0 Å². The largest absolute Gasteiger partial charge is 0.436 e. The topological polar surface area (TPSA) is 132 Å². The molecular formula is C28H23N7O2. The lowest BCUT2D eigenvalue weighted by Crippen LogP contribution is -2.10. The van der Waals surface area contributed by atoms with Crippen molar-refractivity contribution in [1.29, 1.82) is 5.26 Å². The monoisotopic (exact) mass is 489 g/mol.